The molecule has 0 heterocycles. The average molecular weight is 336 g/mol. The Balaban J connectivity index is 2.28. The van der Waals surface area contributed by atoms with Crippen molar-refractivity contribution < 1.29 is 20.1 Å². The Labute approximate surface area is 145 Å². The summed E-state index contributed by atoms with van der Waals surface area (Å²) in [4.78, 5) is 10.9. The quantitative estimate of drug-likeness (QED) is 0.530. The molecule has 5 atom stereocenters. The van der Waals surface area contributed by atoms with Crippen LogP contribution in [0, 0.1) is 22.7 Å². The molecule has 2 rings (SSSR count). The minimum atomic E-state index is -1.01. The van der Waals surface area contributed by atoms with Gasteiger partial charge in [-0.05, 0) is 61.3 Å². The zero-order valence-electron chi connectivity index (χ0n) is 15.2. The maximum Gasteiger partial charge on any atom is 0.328 e. The van der Waals surface area contributed by atoms with Gasteiger partial charge in [-0.2, -0.15) is 0 Å². The van der Waals surface area contributed by atoms with Gasteiger partial charge in [0.15, 0.2) is 0 Å². The van der Waals surface area contributed by atoms with Crippen molar-refractivity contribution in [2.24, 2.45) is 22.7 Å². The molecule has 0 saturated heterocycles. The van der Waals surface area contributed by atoms with E-state index < -0.39 is 5.97 Å². The number of carboxylic acids is 1. The first-order valence-electron chi connectivity index (χ1n) is 9.05. The first-order valence-corrected chi connectivity index (χ1v) is 9.05. The molecule has 2 fully saturated rings. The van der Waals surface area contributed by atoms with Gasteiger partial charge in [0, 0.05) is 11.5 Å². The summed E-state index contributed by atoms with van der Waals surface area (Å²) in [7, 11) is 0. The fourth-order valence-corrected chi connectivity index (χ4v) is 5.23. The van der Waals surface area contributed by atoms with E-state index in [1.165, 1.54) is 0 Å². The van der Waals surface area contributed by atoms with Crippen LogP contribution in [0.25, 0.3) is 0 Å². The second kappa shape index (κ2) is 7.01. The Kier molecular flexibility index (Phi) is 5.61. The fourth-order valence-electron chi connectivity index (χ4n) is 5.23. The van der Waals surface area contributed by atoms with Gasteiger partial charge in [0.05, 0.1) is 12.7 Å². The molecule has 0 aromatic heterocycles. The molecule has 2 aliphatic rings. The molecule has 0 bridgehead atoms. The maximum atomic E-state index is 10.9. The van der Waals surface area contributed by atoms with Crippen molar-refractivity contribution in [3.8, 4) is 0 Å². The van der Waals surface area contributed by atoms with Crippen molar-refractivity contribution in [1.82, 2.24) is 0 Å². The number of aliphatic carboxylic acids is 1. The van der Waals surface area contributed by atoms with E-state index in [4.69, 9.17) is 5.11 Å². The lowest BCUT2D eigenvalue weighted by Crippen LogP contribution is -2.57. The summed E-state index contributed by atoms with van der Waals surface area (Å²) in [6, 6.07) is 0. The monoisotopic (exact) mass is 336 g/mol. The van der Waals surface area contributed by atoms with Crippen molar-refractivity contribution >= 4 is 5.97 Å². The Morgan fingerprint density at radius 1 is 1.42 bits per heavy atom. The van der Waals surface area contributed by atoms with Gasteiger partial charge in [-0.15, -0.1) is 0 Å². The minimum Gasteiger partial charge on any atom is -0.478 e. The van der Waals surface area contributed by atoms with Crippen LogP contribution in [0.1, 0.15) is 59.3 Å². The number of carboxylic acid groups (broad SMARTS) is 1. The summed E-state index contributed by atoms with van der Waals surface area (Å²) < 4.78 is 0. The number of carbonyl (C=O) groups is 1. The zero-order chi connectivity index (χ0) is 18.1. The highest BCUT2D eigenvalue weighted by atomic mass is 16.4. The first kappa shape index (κ1) is 19.2. The normalized spacial score (nSPS) is 40.3. The average Bonchev–Trinajstić information content (AvgIpc) is 2.51. The second-order valence-corrected chi connectivity index (χ2v) is 8.29. The van der Waals surface area contributed by atoms with Crippen LogP contribution in [0.4, 0.5) is 0 Å². The van der Waals surface area contributed by atoms with Crippen molar-refractivity contribution in [2.45, 2.75) is 65.4 Å². The molecule has 0 radical (unpaired) electrons. The molecule has 2 aliphatic carbocycles. The molecule has 0 aromatic carbocycles. The molecule has 0 aliphatic heterocycles. The largest absolute Gasteiger partial charge is 0.478 e. The second-order valence-electron chi connectivity index (χ2n) is 8.29. The SMILES string of the molecule is C=C1CCC[C@@H]2[C@@](C)(CC/C(=C\C(=O)O)CO)[C@H](C)C[C@H](O)[C@@]12C. The fraction of sp³-hybridized carbons (Fsp3) is 0.750. The van der Waals surface area contributed by atoms with Gasteiger partial charge in [-0.1, -0.05) is 32.9 Å². The molecule has 24 heavy (non-hydrogen) atoms. The van der Waals surface area contributed by atoms with Gasteiger partial charge in [-0.3, -0.25) is 0 Å². The van der Waals surface area contributed by atoms with Crippen LogP contribution < -0.4 is 0 Å². The standard InChI is InChI=1S/C20H32O4/c1-13-6-5-7-16-19(3,9-8-15(12-21)11-18(23)24)14(2)10-17(22)20(13,16)4/h11,14,16-17,21-22H,1,5-10,12H2,2-4H3,(H,23,24)/b15-11+/t14-,16-,17+,19+,20+/m1/s1. The molecule has 0 unspecified atom stereocenters. The zero-order valence-corrected chi connectivity index (χ0v) is 15.2. The predicted molar refractivity (Wildman–Crippen MR) is 94.5 cm³/mol. The molecular weight excluding hydrogens is 304 g/mol. The first-order chi connectivity index (χ1) is 11.2. The van der Waals surface area contributed by atoms with E-state index in [-0.39, 0.29) is 23.5 Å². The van der Waals surface area contributed by atoms with Crippen LogP contribution in [0.3, 0.4) is 0 Å². The number of aliphatic hydroxyl groups excluding tert-OH is 2. The summed E-state index contributed by atoms with van der Waals surface area (Å²) in [5.41, 5.74) is 1.48. The van der Waals surface area contributed by atoms with E-state index in [0.717, 1.165) is 43.8 Å². The molecule has 4 nitrogen and oxygen atoms in total. The molecule has 0 spiro atoms. The summed E-state index contributed by atoms with van der Waals surface area (Å²) in [5.74, 6) is -0.316. The van der Waals surface area contributed by atoms with Crippen LogP contribution in [0.15, 0.2) is 23.8 Å². The Bertz CT molecular complexity index is 538. The van der Waals surface area contributed by atoms with Crippen LogP contribution in [0.5, 0.6) is 0 Å². The number of rotatable bonds is 5. The smallest absolute Gasteiger partial charge is 0.328 e. The number of hydrogen-bond donors (Lipinski definition) is 3. The van der Waals surface area contributed by atoms with Crippen molar-refractivity contribution in [3.05, 3.63) is 23.8 Å². The third kappa shape index (κ3) is 3.18. The van der Waals surface area contributed by atoms with Crippen LogP contribution >= 0.6 is 0 Å². The van der Waals surface area contributed by atoms with E-state index in [1.807, 2.05) is 0 Å². The lowest BCUT2D eigenvalue weighted by Gasteiger charge is -2.60. The van der Waals surface area contributed by atoms with Gasteiger partial charge in [0.1, 0.15) is 0 Å². The third-order valence-corrected chi connectivity index (χ3v) is 7.16. The van der Waals surface area contributed by atoms with E-state index in [1.54, 1.807) is 0 Å². The highest BCUT2D eigenvalue weighted by Crippen LogP contribution is 2.62. The van der Waals surface area contributed by atoms with Gasteiger partial charge in [-0.25, -0.2) is 4.79 Å². The van der Waals surface area contributed by atoms with Crippen LogP contribution in [-0.4, -0.2) is 34.0 Å². The number of fused-ring (bicyclic) bond motifs is 1. The number of hydrogen-bond acceptors (Lipinski definition) is 3. The van der Waals surface area contributed by atoms with Gasteiger partial charge in [0.25, 0.3) is 0 Å². The Hall–Kier alpha value is -1.13. The van der Waals surface area contributed by atoms with Crippen LogP contribution in [-0.2, 0) is 4.79 Å². The molecule has 2 saturated carbocycles. The highest BCUT2D eigenvalue weighted by Gasteiger charge is 2.57. The molecule has 3 N–H and O–H groups in total. The van der Waals surface area contributed by atoms with Crippen molar-refractivity contribution in [3.63, 3.8) is 0 Å². The Morgan fingerprint density at radius 3 is 2.67 bits per heavy atom. The van der Waals surface area contributed by atoms with E-state index in [2.05, 4.69) is 27.4 Å². The molecule has 4 heteroatoms. The van der Waals surface area contributed by atoms with Crippen LogP contribution in [0.2, 0.25) is 0 Å². The highest BCUT2D eigenvalue weighted by molar-refractivity contribution is 5.80. The summed E-state index contributed by atoms with van der Waals surface area (Å²) in [6.07, 6.45) is 6.09. The third-order valence-electron chi connectivity index (χ3n) is 7.16. The Morgan fingerprint density at radius 2 is 2.08 bits per heavy atom. The summed E-state index contributed by atoms with van der Waals surface area (Å²) in [5, 5.41) is 29.2. The van der Waals surface area contributed by atoms with Gasteiger partial charge < -0.3 is 15.3 Å². The molecule has 0 amide bonds. The van der Waals surface area contributed by atoms with Crippen molar-refractivity contribution in [1.29, 1.82) is 0 Å². The summed E-state index contributed by atoms with van der Waals surface area (Å²) in [6.45, 7) is 10.7. The lowest BCUT2D eigenvalue weighted by molar-refractivity contribution is -0.131. The maximum absolute atomic E-state index is 10.9. The minimum absolute atomic E-state index is 0.00407. The molecular formula is C20H32O4. The van der Waals surface area contributed by atoms with Gasteiger partial charge >= 0.3 is 5.97 Å². The van der Waals surface area contributed by atoms with E-state index in [0.29, 0.717) is 23.8 Å². The van der Waals surface area contributed by atoms with Crippen molar-refractivity contribution in [2.75, 3.05) is 6.61 Å². The van der Waals surface area contributed by atoms with E-state index >= 15 is 0 Å². The summed E-state index contributed by atoms with van der Waals surface area (Å²) >= 11 is 0. The van der Waals surface area contributed by atoms with E-state index in [9.17, 15) is 15.0 Å². The molecule has 0 aromatic rings. The lowest BCUT2D eigenvalue weighted by atomic mass is 9.45. The van der Waals surface area contributed by atoms with Gasteiger partial charge in [0.2, 0.25) is 0 Å². The molecule has 136 valence electrons. The number of aliphatic hydroxyl groups is 2. The topological polar surface area (TPSA) is 77.8 Å². The predicted octanol–water partition coefficient (Wildman–Crippen LogP) is 3.54.